The molecule has 1 aliphatic carbocycles. The number of fused-ring (bicyclic) bond motifs is 1. The van der Waals surface area contributed by atoms with E-state index in [4.69, 9.17) is 5.11 Å². The van der Waals surface area contributed by atoms with E-state index < -0.39 is 5.97 Å². The van der Waals surface area contributed by atoms with E-state index in [0.29, 0.717) is 0 Å². The fourth-order valence-corrected chi connectivity index (χ4v) is 3.29. The smallest absolute Gasteiger partial charge is 0.308 e. The van der Waals surface area contributed by atoms with Crippen molar-refractivity contribution in [2.45, 2.75) is 25.3 Å². The molecule has 3 rings (SSSR count). The van der Waals surface area contributed by atoms with Gasteiger partial charge in [0.15, 0.2) is 0 Å². The molecule has 0 amide bonds. The molecule has 0 spiro atoms. The van der Waals surface area contributed by atoms with Crippen molar-refractivity contribution in [3.05, 3.63) is 17.8 Å². The third-order valence-electron chi connectivity index (χ3n) is 3.40. The molecule has 6 heteroatoms. The Kier molecular flexibility index (Phi) is 2.87. The van der Waals surface area contributed by atoms with Crippen molar-refractivity contribution >= 4 is 33.3 Å². The zero-order valence-corrected chi connectivity index (χ0v) is 10.5. The lowest BCUT2D eigenvalue weighted by atomic mass is 10.0. The van der Waals surface area contributed by atoms with Gasteiger partial charge in [-0.3, -0.25) is 4.79 Å². The Bertz CT molecular complexity index is 583. The van der Waals surface area contributed by atoms with Crippen LogP contribution in [-0.2, 0) is 4.79 Å². The van der Waals surface area contributed by atoms with Crippen molar-refractivity contribution in [1.82, 2.24) is 9.97 Å². The Morgan fingerprint density at radius 1 is 1.44 bits per heavy atom. The summed E-state index contributed by atoms with van der Waals surface area (Å²) >= 11 is 1.57. The molecule has 5 nitrogen and oxygen atoms in total. The monoisotopic (exact) mass is 263 g/mol. The summed E-state index contributed by atoms with van der Waals surface area (Å²) in [6, 6.07) is 1.92. The molecule has 0 aliphatic heterocycles. The molecular formula is C12H13N3O2S. The van der Waals surface area contributed by atoms with E-state index in [2.05, 4.69) is 15.3 Å². The Labute approximate surface area is 108 Å². The molecule has 1 fully saturated rings. The first-order valence-corrected chi connectivity index (χ1v) is 6.81. The lowest BCUT2D eigenvalue weighted by Crippen LogP contribution is -2.30. The number of aromatic nitrogens is 2. The van der Waals surface area contributed by atoms with Crippen LogP contribution in [0.5, 0.6) is 0 Å². The minimum absolute atomic E-state index is 0.0253. The van der Waals surface area contributed by atoms with Gasteiger partial charge in [0.25, 0.3) is 0 Å². The molecule has 2 unspecified atom stereocenters. The summed E-state index contributed by atoms with van der Waals surface area (Å²) in [5, 5.41) is 14.4. The van der Waals surface area contributed by atoms with Crippen molar-refractivity contribution in [3.63, 3.8) is 0 Å². The van der Waals surface area contributed by atoms with E-state index >= 15 is 0 Å². The second-order valence-electron chi connectivity index (χ2n) is 4.48. The maximum atomic E-state index is 11.1. The van der Waals surface area contributed by atoms with Gasteiger partial charge in [-0.2, -0.15) is 0 Å². The lowest BCUT2D eigenvalue weighted by Gasteiger charge is -2.18. The third kappa shape index (κ3) is 1.92. The van der Waals surface area contributed by atoms with E-state index in [0.717, 1.165) is 35.3 Å². The van der Waals surface area contributed by atoms with Crippen molar-refractivity contribution in [1.29, 1.82) is 0 Å². The number of aliphatic carboxylic acids is 1. The van der Waals surface area contributed by atoms with Gasteiger partial charge in [0.1, 0.15) is 12.1 Å². The van der Waals surface area contributed by atoms with Crippen LogP contribution in [0.4, 0.5) is 5.82 Å². The second-order valence-corrected chi connectivity index (χ2v) is 5.40. The van der Waals surface area contributed by atoms with Crippen molar-refractivity contribution in [3.8, 4) is 0 Å². The Hall–Kier alpha value is -1.69. The molecule has 1 saturated carbocycles. The number of nitrogens with one attached hydrogen (secondary N) is 1. The SMILES string of the molecule is O=C(O)C1CCCC1Nc1ncnc2ccsc12. The first-order valence-electron chi connectivity index (χ1n) is 5.93. The van der Waals surface area contributed by atoms with Crippen molar-refractivity contribution in [2.75, 3.05) is 5.32 Å². The van der Waals surface area contributed by atoms with Gasteiger partial charge in [-0.15, -0.1) is 11.3 Å². The molecule has 0 aromatic carbocycles. The number of anilines is 1. The van der Waals surface area contributed by atoms with Crippen LogP contribution in [-0.4, -0.2) is 27.1 Å². The molecule has 18 heavy (non-hydrogen) atoms. The lowest BCUT2D eigenvalue weighted by molar-refractivity contribution is -0.141. The topological polar surface area (TPSA) is 75.1 Å². The number of carbonyl (C=O) groups is 1. The molecule has 0 radical (unpaired) electrons. The fourth-order valence-electron chi connectivity index (χ4n) is 2.50. The predicted octanol–water partition coefficient (Wildman–Crippen LogP) is 2.36. The maximum Gasteiger partial charge on any atom is 0.308 e. The van der Waals surface area contributed by atoms with Crippen LogP contribution in [0.2, 0.25) is 0 Å². The number of rotatable bonds is 3. The molecule has 0 bridgehead atoms. The molecule has 2 atom stereocenters. The molecular weight excluding hydrogens is 250 g/mol. The van der Waals surface area contributed by atoms with E-state index in [1.165, 1.54) is 6.33 Å². The normalized spacial score (nSPS) is 23.3. The van der Waals surface area contributed by atoms with Crippen LogP contribution in [0.1, 0.15) is 19.3 Å². The van der Waals surface area contributed by atoms with Gasteiger partial charge in [0, 0.05) is 6.04 Å². The average molecular weight is 263 g/mol. The van der Waals surface area contributed by atoms with Gasteiger partial charge in [-0.05, 0) is 24.3 Å². The molecule has 2 aromatic rings. The molecule has 2 aromatic heterocycles. The van der Waals surface area contributed by atoms with Gasteiger partial charge in [-0.25, -0.2) is 9.97 Å². The van der Waals surface area contributed by atoms with Crippen LogP contribution >= 0.6 is 11.3 Å². The number of hydrogen-bond donors (Lipinski definition) is 2. The quantitative estimate of drug-likeness (QED) is 0.889. The van der Waals surface area contributed by atoms with Gasteiger partial charge in [0.2, 0.25) is 0 Å². The van der Waals surface area contributed by atoms with Crippen molar-refractivity contribution < 1.29 is 9.90 Å². The molecule has 0 saturated heterocycles. The summed E-state index contributed by atoms with van der Waals surface area (Å²) in [6.45, 7) is 0. The van der Waals surface area contributed by atoms with E-state index in [9.17, 15) is 4.79 Å². The highest BCUT2D eigenvalue weighted by Crippen LogP contribution is 2.31. The summed E-state index contributed by atoms with van der Waals surface area (Å²) in [5.74, 6) is -0.274. The Morgan fingerprint density at radius 2 is 2.33 bits per heavy atom. The number of carboxylic acid groups (broad SMARTS) is 1. The summed E-state index contributed by atoms with van der Waals surface area (Å²) in [4.78, 5) is 19.6. The van der Waals surface area contributed by atoms with E-state index in [1.807, 2.05) is 11.4 Å². The maximum absolute atomic E-state index is 11.1. The highest BCUT2D eigenvalue weighted by Gasteiger charge is 2.33. The van der Waals surface area contributed by atoms with E-state index in [-0.39, 0.29) is 12.0 Å². The molecule has 1 aliphatic rings. The average Bonchev–Trinajstić information content (AvgIpc) is 2.96. The first kappa shape index (κ1) is 11.4. The summed E-state index contributed by atoms with van der Waals surface area (Å²) in [6.07, 6.45) is 4.09. The van der Waals surface area contributed by atoms with Crippen LogP contribution in [0.3, 0.4) is 0 Å². The predicted molar refractivity (Wildman–Crippen MR) is 69.8 cm³/mol. The zero-order chi connectivity index (χ0) is 12.5. The molecule has 2 heterocycles. The highest BCUT2D eigenvalue weighted by atomic mass is 32.1. The van der Waals surface area contributed by atoms with Crippen LogP contribution < -0.4 is 5.32 Å². The third-order valence-corrected chi connectivity index (χ3v) is 4.31. The molecule has 94 valence electrons. The number of thiophene rings is 1. The molecule has 2 N–H and O–H groups in total. The second kappa shape index (κ2) is 4.53. The summed E-state index contributed by atoms with van der Waals surface area (Å²) in [5.41, 5.74) is 0.905. The largest absolute Gasteiger partial charge is 0.481 e. The Balaban J connectivity index is 1.88. The van der Waals surface area contributed by atoms with Crippen molar-refractivity contribution in [2.24, 2.45) is 5.92 Å². The van der Waals surface area contributed by atoms with Gasteiger partial charge < -0.3 is 10.4 Å². The van der Waals surface area contributed by atoms with Gasteiger partial charge in [0.05, 0.1) is 16.1 Å². The number of hydrogen-bond acceptors (Lipinski definition) is 5. The fraction of sp³-hybridized carbons (Fsp3) is 0.417. The minimum atomic E-state index is -0.721. The Morgan fingerprint density at radius 3 is 3.17 bits per heavy atom. The number of nitrogens with zero attached hydrogens (tertiary/aromatic N) is 2. The standard InChI is InChI=1S/C12H13N3O2S/c16-12(17)7-2-1-3-8(7)15-11-10-9(4-5-18-10)13-6-14-11/h4-8H,1-3H2,(H,16,17)(H,13,14,15). The zero-order valence-electron chi connectivity index (χ0n) is 9.67. The summed E-state index contributed by atoms with van der Waals surface area (Å²) in [7, 11) is 0. The van der Waals surface area contributed by atoms with Crippen LogP contribution in [0.15, 0.2) is 17.8 Å². The number of carboxylic acids is 1. The minimum Gasteiger partial charge on any atom is -0.481 e. The van der Waals surface area contributed by atoms with Gasteiger partial charge in [-0.1, -0.05) is 6.42 Å². The van der Waals surface area contributed by atoms with Gasteiger partial charge >= 0.3 is 5.97 Å². The highest BCUT2D eigenvalue weighted by molar-refractivity contribution is 7.17. The first-order chi connectivity index (χ1) is 8.75. The van der Waals surface area contributed by atoms with E-state index in [1.54, 1.807) is 11.3 Å². The summed E-state index contributed by atoms with van der Waals surface area (Å²) < 4.78 is 0.994. The van der Waals surface area contributed by atoms with Crippen LogP contribution in [0.25, 0.3) is 10.2 Å². The van der Waals surface area contributed by atoms with Crippen LogP contribution in [0, 0.1) is 5.92 Å².